The molecule has 9 heteroatoms. The van der Waals surface area contributed by atoms with Gasteiger partial charge < -0.3 is 0 Å². The van der Waals surface area contributed by atoms with E-state index in [0.717, 1.165) is 36.2 Å². The van der Waals surface area contributed by atoms with Gasteiger partial charge in [-0.1, -0.05) is 30.2 Å². The van der Waals surface area contributed by atoms with Crippen molar-refractivity contribution in [2.75, 3.05) is 13.1 Å². The number of nitrogens with one attached hydrogen (secondary N) is 1. The van der Waals surface area contributed by atoms with E-state index in [1.807, 2.05) is 6.92 Å². The van der Waals surface area contributed by atoms with Gasteiger partial charge in [0.2, 0.25) is 20.0 Å². The highest BCUT2D eigenvalue weighted by Crippen LogP contribution is 2.27. The van der Waals surface area contributed by atoms with Crippen LogP contribution in [0, 0.1) is 6.92 Å². The first-order valence-corrected chi connectivity index (χ1v) is 12.7. The summed E-state index contributed by atoms with van der Waals surface area (Å²) in [6.07, 6.45) is 2.96. The molecule has 1 aromatic heterocycles. The molecule has 0 saturated carbocycles. The lowest BCUT2D eigenvalue weighted by Gasteiger charge is -2.34. The molecule has 1 aliphatic rings. The van der Waals surface area contributed by atoms with Crippen LogP contribution in [0.15, 0.2) is 50.9 Å². The first-order valence-electron chi connectivity index (χ1n) is 8.92. The van der Waals surface area contributed by atoms with Gasteiger partial charge in [0.25, 0.3) is 0 Å². The summed E-state index contributed by atoms with van der Waals surface area (Å²) in [5.41, 5.74) is 1.01. The summed E-state index contributed by atoms with van der Waals surface area (Å²) < 4.78 is 55.0. The number of aryl methyl sites for hydroxylation is 1. The molecule has 6 nitrogen and oxygen atoms in total. The summed E-state index contributed by atoms with van der Waals surface area (Å²) in [7, 11) is -7.11. The Labute approximate surface area is 165 Å². The number of rotatable bonds is 7. The fraction of sp³-hybridized carbons (Fsp3) is 0.444. The molecule has 2 aromatic rings. The summed E-state index contributed by atoms with van der Waals surface area (Å²) in [5.74, 6) is 0. The van der Waals surface area contributed by atoms with Crippen LogP contribution < -0.4 is 4.72 Å². The summed E-state index contributed by atoms with van der Waals surface area (Å²) in [6.45, 7) is 2.60. The van der Waals surface area contributed by atoms with Gasteiger partial charge in [0.05, 0.1) is 4.90 Å². The molecule has 1 saturated heterocycles. The van der Waals surface area contributed by atoms with Gasteiger partial charge in [-0.3, -0.25) is 0 Å². The molecule has 2 heterocycles. The summed E-state index contributed by atoms with van der Waals surface area (Å²) in [6, 6.07) is 9.90. The van der Waals surface area contributed by atoms with Crippen molar-refractivity contribution in [3.05, 3.63) is 47.3 Å². The van der Waals surface area contributed by atoms with Crippen molar-refractivity contribution in [2.24, 2.45) is 0 Å². The van der Waals surface area contributed by atoms with Gasteiger partial charge in [0, 0.05) is 19.1 Å². The Balaban J connectivity index is 1.69. The maximum absolute atomic E-state index is 13.0. The molecule has 1 fully saturated rings. The maximum atomic E-state index is 13.0. The molecule has 0 amide bonds. The summed E-state index contributed by atoms with van der Waals surface area (Å²) in [4.78, 5) is 0.291. The highest BCUT2D eigenvalue weighted by Gasteiger charge is 2.33. The molecule has 1 aromatic carbocycles. The number of piperidine rings is 1. The number of hydrogen-bond donors (Lipinski definition) is 1. The Hall–Kier alpha value is -1.26. The minimum atomic E-state index is -3.58. The molecule has 0 spiro atoms. The van der Waals surface area contributed by atoms with Crippen LogP contribution in [0.5, 0.6) is 0 Å². The third-order valence-corrected chi connectivity index (χ3v) is 9.55. The van der Waals surface area contributed by atoms with Gasteiger partial charge >= 0.3 is 0 Å². The molecule has 1 N–H and O–H groups in total. The van der Waals surface area contributed by atoms with Crippen molar-refractivity contribution in [2.45, 2.75) is 47.8 Å². The lowest BCUT2D eigenvalue weighted by molar-refractivity contribution is 0.242. The molecule has 0 aliphatic carbocycles. The Morgan fingerprint density at radius 2 is 1.85 bits per heavy atom. The number of sulfonamides is 2. The lowest BCUT2D eigenvalue weighted by Crippen LogP contribution is -2.45. The molecule has 1 aliphatic heterocycles. The topological polar surface area (TPSA) is 83.6 Å². The van der Waals surface area contributed by atoms with Gasteiger partial charge in [-0.2, -0.15) is 4.31 Å². The van der Waals surface area contributed by atoms with Crippen LogP contribution in [0.2, 0.25) is 0 Å². The lowest BCUT2D eigenvalue weighted by atomic mass is 10.0. The quantitative estimate of drug-likeness (QED) is 0.735. The Morgan fingerprint density at radius 1 is 1.11 bits per heavy atom. The number of nitrogens with zero attached hydrogens (tertiary/aromatic N) is 1. The molecular formula is C18H24N2O4S3. The number of hydrogen-bond acceptors (Lipinski definition) is 5. The van der Waals surface area contributed by atoms with Crippen molar-refractivity contribution in [3.8, 4) is 0 Å². The van der Waals surface area contributed by atoms with E-state index in [4.69, 9.17) is 0 Å². The van der Waals surface area contributed by atoms with Crippen LogP contribution in [0.1, 0.15) is 31.2 Å². The number of benzene rings is 1. The molecule has 0 bridgehead atoms. The Bertz CT molecular complexity index is 953. The van der Waals surface area contributed by atoms with E-state index in [1.165, 1.54) is 0 Å². The predicted molar refractivity (Wildman–Crippen MR) is 107 cm³/mol. The van der Waals surface area contributed by atoms with Crippen molar-refractivity contribution >= 4 is 31.4 Å². The van der Waals surface area contributed by atoms with Crippen LogP contribution >= 0.6 is 11.3 Å². The highest BCUT2D eigenvalue weighted by atomic mass is 32.2. The second-order valence-corrected chi connectivity index (χ2v) is 11.5. The number of thiophene rings is 1. The largest absolute Gasteiger partial charge is 0.250 e. The average molecular weight is 429 g/mol. The van der Waals surface area contributed by atoms with Gasteiger partial charge in [-0.05, 0) is 49.8 Å². The van der Waals surface area contributed by atoms with E-state index >= 15 is 0 Å². The van der Waals surface area contributed by atoms with Crippen molar-refractivity contribution in [3.63, 3.8) is 0 Å². The van der Waals surface area contributed by atoms with E-state index < -0.39 is 20.0 Å². The highest BCUT2D eigenvalue weighted by molar-refractivity contribution is 7.91. The summed E-state index contributed by atoms with van der Waals surface area (Å²) in [5, 5.41) is 1.71. The van der Waals surface area contributed by atoms with Crippen LogP contribution in [0.3, 0.4) is 0 Å². The third kappa shape index (κ3) is 4.78. The van der Waals surface area contributed by atoms with E-state index in [9.17, 15) is 16.8 Å². The molecular weight excluding hydrogens is 404 g/mol. The molecule has 1 atom stereocenters. The summed E-state index contributed by atoms with van der Waals surface area (Å²) >= 11 is 1.16. The van der Waals surface area contributed by atoms with Crippen molar-refractivity contribution < 1.29 is 16.8 Å². The molecule has 1 unspecified atom stereocenters. The fourth-order valence-electron chi connectivity index (χ4n) is 3.27. The average Bonchev–Trinajstić information content (AvgIpc) is 3.18. The van der Waals surface area contributed by atoms with Crippen LogP contribution in [0.25, 0.3) is 0 Å². The smallest absolute Gasteiger partial charge is 0.210 e. The van der Waals surface area contributed by atoms with E-state index in [2.05, 4.69) is 4.72 Å². The predicted octanol–water partition coefficient (Wildman–Crippen LogP) is 2.97. The first kappa shape index (κ1) is 20.5. The second kappa shape index (κ2) is 8.40. The zero-order valence-corrected chi connectivity index (χ0v) is 17.6. The van der Waals surface area contributed by atoms with Gasteiger partial charge in [-0.15, -0.1) is 11.3 Å². The van der Waals surface area contributed by atoms with Crippen molar-refractivity contribution in [1.29, 1.82) is 0 Å². The Kier molecular flexibility index (Phi) is 6.37. The van der Waals surface area contributed by atoms with E-state index in [0.29, 0.717) is 17.9 Å². The van der Waals surface area contributed by atoms with Gasteiger partial charge in [-0.25, -0.2) is 21.6 Å². The van der Waals surface area contributed by atoms with Gasteiger partial charge in [0.15, 0.2) is 0 Å². The molecule has 3 rings (SSSR count). The SMILES string of the molecule is Cc1ccc(S(=O)(=O)N2CCCCC2CCNS(=O)(=O)c2cccs2)cc1. The van der Waals surface area contributed by atoms with Crippen molar-refractivity contribution in [1.82, 2.24) is 9.03 Å². The van der Waals surface area contributed by atoms with Gasteiger partial charge in [0.1, 0.15) is 4.21 Å². The zero-order valence-electron chi connectivity index (χ0n) is 15.2. The van der Waals surface area contributed by atoms with Crippen LogP contribution in [0.4, 0.5) is 0 Å². The Morgan fingerprint density at radius 3 is 2.52 bits per heavy atom. The maximum Gasteiger partial charge on any atom is 0.250 e. The molecule has 0 radical (unpaired) electrons. The van der Waals surface area contributed by atoms with Crippen LogP contribution in [-0.2, 0) is 20.0 Å². The fourth-order valence-corrected chi connectivity index (χ4v) is 7.08. The minimum Gasteiger partial charge on any atom is -0.210 e. The van der Waals surface area contributed by atoms with Crippen LogP contribution in [-0.4, -0.2) is 40.3 Å². The zero-order chi connectivity index (χ0) is 19.5. The standard InChI is InChI=1S/C18H24N2O4S3/c1-15-7-9-17(10-8-15)27(23,24)20-13-3-2-5-16(20)11-12-19-26(21,22)18-6-4-14-25-18/h4,6-10,14,16,19H,2-3,5,11-13H2,1H3. The molecule has 27 heavy (non-hydrogen) atoms. The second-order valence-electron chi connectivity index (χ2n) is 6.70. The minimum absolute atomic E-state index is 0.198. The third-order valence-electron chi connectivity index (χ3n) is 4.73. The van der Waals surface area contributed by atoms with E-state index in [-0.39, 0.29) is 16.8 Å². The first-order chi connectivity index (χ1) is 12.8. The normalized spacial score (nSPS) is 19.2. The molecule has 148 valence electrons. The van der Waals surface area contributed by atoms with E-state index in [1.54, 1.807) is 46.1 Å². The monoisotopic (exact) mass is 428 g/mol.